The van der Waals surface area contributed by atoms with Crippen molar-refractivity contribution in [1.29, 1.82) is 0 Å². The zero-order valence-corrected chi connectivity index (χ0v) is 14.9. The van der Waals surface area contributed by atoms with Gasteiger partial charge >= 0.3 is 5.97 Å². The summed E-state index contributed by atoms with van der Waals surface area (Å²) in [5.41, 5.74) is 0.406. The van der Waals surface area contributed by atoms with Crippen LogP contribution in [0.25, 0.3) is 0 Å². The Morgan fingerprint density at radius 1 is 1.00 bits per heavy atom. The molecule has 0 aromatic heterocycles. The molecule has 2 aromatic rings. The van der Waals surface area contributed by atoms with Gasteiger partial charge < -0.3 is 4.84 Å². The smallest absolute Gasteiger partial charge is 0.313 e. The Labute approximate surface area is 149 Å². The predicted molar refractivity (Wildman–Crippen MR) is 93.5 cm³/mol. The highest BCUT2D eigenvalue weighted by Gasteiger charge is 2.16. The van der Waals surface area contributed by atoms with Gasteiger partial charge in [0, 0.05) is 10.0 Å². The van der Waals surface area contributed by atoms with Crippen LogP contribution in [0.15, 0.2) is 58.6 Å². The van der Waals surface area contributed by atoms with Crippen molar-refractivity contribution in [1.82, 2.24) is 0 Å². The predicted octanol–water partition coefficient (Wildman–Crippen LogP) is 4.00. The number of oxime groups is 1. The van der Waals surface area contributed by atoms with Gasteiger partial charge in [0.15, 0.2) is 9.84 Å². The second-order valence-electron chi connectivity index (χ2n) is 4.93. The van der Waals surface area contributed by atoms with Gasteiger partial charge in [-0.05, 0) is 55.5 Å². The highest BCUT2D eigenvalue weighted by Crippen LogP contribution is 2.16. The number of hydrogen-bond acceptors (Lipinski definition) is 5. The fourth-order valence-electron chi connectivity index (χ4n) is 1.78. The van der Waals surface area contributed by atoms with E-state index in [4.69, 9.17) is 28.0 Å². The van der Waals surface area contributed by atoms with Crippen molar-refractivity contribution in [3.8, 4) is 0 Å². The van der Waals surface area contributed by atoms with Crippen LogP contribution in [0.1, 0.15) is 17.3 Å². The highest BCUT2D eigenvalue weighted by atomic mass is 35.5. The summed E-state index contributed by atoms with van der Waals surface area (Å²) in [4.78, 5) is 16.7. The molecule has 0 spiro atoms. The van der Waals surface area contributed by atoms with Crippen molar-refractivity contribution in [2.75, 3.05) is 5.75 Å². The zero-order valence-electron chi connectivity index (χ0n) is 12.6. The van der Waals surface area contributed by atoms with Crippen LogP contribution in [-0.2, 0) is 14.7 Å². The summed E-state index contributed by atoms with van der Waals surface area (Å²) in [6.07, 6.45) is 0. The molecule has 2 aromatic carbocycles. The Hall–Kier alpha value is -1.89. The molecule has 0 aliphatic carbocycles. The van der Waals surface area contributed by atoms with Gasteiger partial charge in [0.05, 0.1) is 21.9 Å². The van der Waals surface area contributed by atoms with Gasteiger partial charge in [-0.1, -0.05) is 28.4 Å². The standard InChI is InChI=1S/C16H13Cl2NO4S/c1-11(10-24(21,22)15-8-6-14(18)7-9-15)19-23-16(20)12-2-4-13(17)5-3-12/h2-9H,10H2,1H3. The molecule has 0 unspecified atom stereocenters. The van der Waals surface area contributed by atoms with E-state index in [0.717, 1.165) is 0 Å². The molecule has 0 aliphatic heterocycles. The van der Waals surface area contributed by atoms with E-state index >= 15 is 0 Å². The molecule has 0 amide bonds. The first kappa shape index (κ1) is 18.4. The van der Waals surface area contributed by atoms with E-state index in [1.54, 1.807) is 12.1 Å². The molecule has 0 heterocycles. The molecule has 0 saturated carbocycles. The summed E-state index contributed by atoms with van der Waals surface area (Å²) in [6, 6.07) is 11.8. The third-order valence-corrected chi connectivity index (χ3v) is 5.23. The van der Waals surface area contributed by atoms with Gasteiger partial charge in [0.25, 0.3) is 0 Å². The Kier molecular flexibility index (Phi) is 5.99. The number of rotatable bonds is 5. The van der Waals surface area contributed by atoms with Gasteiger partial charge in [0.1, 0.15) is 0 Å². The first-order valence-electron chi connectivity index (χ1n) is 6.76. The van der Waals surface area contributed by atoms with E-state index in [2.05, 4.69) is 5.16 Å². The van der Waals surface area contributed by atoms with Crippen LogP contribution >= 0.6 is 23.2 Å². The molecule has 24 heavy (non-hydrogen) atoms. The maximum absolute atomic E-state index is 12.2. The minimum atomic E-state index is -3.59. The highest BCUT2D eigenvalue weighted by molar-refractivity contribution is 7.92. The second-order valence-corrected chi connectivity index (χ2v) is 7.79. The topological polar surface area (TPSA) is 72.8 Å². The van der Waals surface area contributed by atoms with E-state index < -0.39 is 15.8 Å². The SMILES string of the molecule is CC(CS(=O)(=O)c1ccc(Cl)cc1)=NOC(=O)c1ccc(Cl)cc1. The fourth-order valence-corrected chi connectivity index (χ4v) is 3.36. The lowest BCUT2D eigenvalue weighted by Crippen LogP contribution is -2.15. The van der Waals surface area contributed by atoms with Crippen molar-refractivity contribution < 1.29 is 18.0 Å². The molecule has 126 valence electrons. The third kappa shape index (κ3) is 5.06. The van der Waals surface area contributed by atoms with Crippen molar-refractivity contribution >= 4 is 44.7 Å². The molecule has 2 rings (SSSR count). The number of carbonyl (C=O) groups is 1. The van der Waals surface area contributed by atoms with Gasteiger partial charge in [0.2, 0.25) is 0 Å². The lowest BCUT2D eigenvalue weighted by atomic mass is 10.2. The minimum absolute atomic E-state index is 0.116. The van der Waals surface area contributed by atoms with Crippen molar-refractivity contribution in [3.05, 3.63) is 64.1 Å². The first-order chi connectivity index (χ1) is 11.3. The Morgan fingerprint density at radius 2 is 1.50 bits per heavy atom. The Morgan fingerprint density at radius 3 is 2.04 bits per heavy atom. The minimum Gasteiger partial charge on any atom is -0.313 e. The van der Waals surface area contributed by atoms with E-state index in [1.165, 1.54) is 43.3 Å². The van der Waals surface area contributed by atoms with Crippen LogP contribution in [0.3, 0.4) is 0 Å². The van der Waals surface area contributed by atoms with Crippen molar-refractivity contribution in [3.63, 3.8) is 0 Å². The molecule has 0 saturated heterocycles. The molecule has 0 aliphatic rings. The summed E-state index contributed by atoms with van der Waals surface area (Å²) >= 11 is 11.5. The molecular weight excluding hydrogens is 373 g/mol. The van der Waals surface area contributed by atoms with Crippen LogP contribution < -0.4 is 0 Å². The average Bonchev–Trinajstić information content (AvgIpc) is 2.53. The van der Waals surface area contributed by atoms with Crippen LogP contribution in [0.4, 0.5) is 0 Å². The number of carbonyl (C=O) groups excluding carboxylic acids is 1. The molecule has 0 fully saturated rings. The number of halogens is 2. The Balaban J connectivity index is 2.04. The van der Waals surface area contributed by atoms with Crippen LogP contribution in [-0.4, -0.2) is 25.9 Å². The maximum Gasteiger partial charge on any atom is 0.365 e. The van der Waals surface area contributed by atoms with Gasteiger partial charge in [-0.3, -0.25) is 0 Å². The van der Waals surface area contributed by atoms with Crippen LogP contribution in [0.2, 0.25) is 10.0 Å². The number of benzene rings is 2. The van der Waals surface area contributed by atoms with Gasteiger partial charge in [-0.2, -0.15) is 0 Å². The first-order valence-corrected chi connectivity index (χ1v) is 9.17. The Bertz CT molecular complexity index is 860. The van der Waals surface area contributed by atoms with Crippen LogP contribution in [0.5, 0.6) is 0 Å². The molecule has 0 bridgehead atoms. The summed E-state index contributed by atoms with van der Waals surface area (Å²) in [6.45, 7) is 1.46. The number of sulfone groups is 1. The summed E-state index contributed by atoms with van der Waals surface area (Å²) in [5, 5.41) is 4.51. The van der Waals surface area contributed by atoms with Crippen molar-refractivity contribution in [2.45, 2.75) is 11.8 Å². The summed E-state index contributed by atoms with van der Waals surface area (Å²) < 4.78 is 24.5. The molecule has 0 atom stereocenters. The maximum atomic E-state index is 12.2. The van der Waals surface area contributed by atoms with Crippen LogP contribution in [0, 0.1) is 0 Å². The van der Waals surface area contributed by atoms with E-state index in [1.807, 2.05) is 0 Å². The molecule has 0 radical (unpaired) electrons. The van der Waals surface area contributed by atoms with Gasteiger partial charge in [-0.15, -0.1) is 0 Å². The summed E-state index contributed by atoms with van der Waals surface area (Å²) in [7, 11) is -3.59. The second kappa shape index (κ2) is 7.79. The fraction of sp³-hybridized carbons (Fsp3) is 0.125. The molecule has 0 N–H and O–H groups in total. The lowest BCUT2D eigenvalue weighted by Gasteiger charge is -2.04. The normalized spacial score (nSPS) is 12.0. The monoisotopic (exact) mass is 385 g/mol. The molecule has 5 nitrogen and oxygen atoms in total. The zero-order chi connectivity index (χ0) is 17.7. The van der Waals surface area contributed by atoms with Crippen molar-refractivity contribution in [2.24, 2.45) is 5.16 Å². The lowest BCUT2D eigenvalue weighted by molar-refractivity contribution is 0.0516. The third-order valence-electron chi connectivity index (χ3n) is 2.94. The largest absolute Gasteiger partial charge is 0.365 e. The quantitative estimate of drug-likeness (QED) is 0.442. The number of hydrogen-bond donors (Lipinski definition) is 0. The molecule has 8 heteroatoms. The van der Waals surface area contributed by atoms with Gasteiger partial charge in [-0.25, -0.2) is 13.2 Å². The van der Waals surface area contributed by atoms with E-state index in [-0.39, 0.29) is 21.9 Å². The molecular formula is C16H13Cl2NO4S. The number of nitrogens with zero attached hydrogens (tertiary/aromatic N) is 1. The van der Waals surface area contributed by atoms with E-state index in [9.17, 15) is 13.2 Å². The average molecular weight is 386 g/mol. The van der Waals surface area contributed by atoms with E-state index in [0.29, 0.717) is 10.0 Å². The summed E-state index contributed by atoms with van der Waals surface area (Å²) in [5.74, 6) is -1.07.